The average molecular weight is 180 g/mol. The fourth-order valence-corrected chi connectivity index (χ4v) is 0.720. The Morgan fingerprint density at radius 3 is 2.92 bits per heavy atom. The van der Waals surface area contributed by atoms with Crippen LogP contribution in [0.1, 0.15) is 20.7 Å². The zero-order chi connectivity index (χ0) is 9.68. The maximum absolute atomic E-state index is 10.8. The number of carbonyl (C=O) groups is 2. The third-order valence-electron chi connectivity index (χ3n) is 1.25. The molecule has 0 saturated heterocycles. The van der Waals surface area contributed by atoms with Crippen molar-refractivity contribution in [3.8, 4) is 0 Å². The summed E-state index contributed by atoms with van der Waals surface area (Å²) in [6.07, 6.45) is 2.97. The minimum absolute atomic E-state index is 0.00389. The first-order chi connectivity index (χ1) is 6.27. The largest absolute Gasteiger partial charge is 0.370 e. The predicted molar refractivity (Wildman–Crippen MR) is 40.8 cm³/mol. The van der Waals surface area contributed by atoms with Crippen molar-refractivity contribution in [1.82, 2.24) is 4.98 Å². The quantitative estimate of drug-likeness (QED) is 0.389. The van der Waals surface area contributed by atoms with E-state index < -0.39 is 5.97 Å². The number of hydrogen-bond acceptors (Lipinski definition) is 6. The fraction of sp³-hybridized carbons (Fsp3) is 0. The number of nitrogens with zero attached hydrogens (tertiary/aromatic N) is 2. The van der Waals surface area contributed by atoms with Crippen LogP contribution in [0.3, 0.4) is 0 Å². The Morgan fingerprint density at radius 1 is 1.54 bits per heavy atom. The third-order valence-corrected chi connectivity index (χ3v) is 1.25. The molecule has 0 aliphatic carbocycles. The van der Waals surface area contributed by atoms with Crippen LogP contribution < -0.4 is 0 Å². The van der Waals surface area contributed by atoms with Gasteiger partial charge in [-0.05, 0) is 6.07 Å². The summed E-state index contributed by atoms with van der Waals surface area (Å²) >= 11 is 0. The van der Waals surface area contributed by atoms with Gasteiger partial charge in [0.2, 0.25) is 0 Å². The molecule has 13 heavy (non-hydrogen) atoms. The Kier molecular flexibility index (Phi) is 2.80. The van der Waals surface area contributed by atoms with Gasteiger partial charge in [-0.15, -0.1) is 4.91 Å². The van der Waals surface area contributed by atoms with E-state index in [2.05, 4.69) is 9.82 Å². The van der Waals surface area contributed by atoms with Crippen molar-refractivity contribution in [1.29, 1.82) is 0 Å². The first-order valence-electron chi connectivity index (χ1n) is 3.22. The molecule has 0 aliphatic heterocycles. The molecule has 1 heterocycles. The minimum Gasteiger partial charge on any atom is -0.298 e. The second-order valence-corrected chi connectivity index (χ2v) is 2.08. The fourth-order valence-electron chi connectivity index (χ4n) is 0.720. The molecule has 0 fully saturated rings. The van der Waals surface area contributed by atoms with Crippen molar-refractivity contribution < 1.29 is 14.4 Å². The van der Waals surface area contributed by atoms with Gasteiger partial charge < -0.3 is 0 Å². The zero-order valence-electron chi connectivity index (χ0n) is 6.34. The standard InChI is InChI=1S/C7H4N2O4/c10-4-5-1-6(3-8-2-5)7(11)13-9-12/h1-4H. The molecule has 66 valence electrons. The maximum Gasteiger partial charge on any atom is 0.370 e. The predicted octanol–water partition coefficient (Wildman–Crippen LogP) is 0.732. The zero-order valence-corrected chi connectivity index (χ0v) is 6.34. The molecular formula is C7H4N2O4. The topological polar surface area (TPSA) is 85.7 Å². The lowest BCUT2D eigenvalue weighted by Crippen LogP contribution is -2.01. The van der Waals surface area contributed by atoms with Gasteiger partial charge in [0.25, 0.3) is 0 Å². The maximum atomic E-state index is 10.8. The van der Waals surface area contributed by atoms with Crippen molar-refractivity contribution >= 4 is 12.3 Å². The van der Waals surface area contributed by atoms with E-state index in [1.54, 1.807) is 0 Å². The molecule has 1 rings (SSSR count). The summed E-state index contributed by atoms with van der Waals surface area (Å²) in [5.41, 5.74) is 0.226. The van der Waals surface area contributed by atoms with E-state index in [4.69, 9.17) is 0 Å². The van der Waals surface area contributed by atoms with E-state index >= 15 is 0 Å². The molecule has 0 atom stereocenters. The summed E-state index contributed by atoms with van der Waals surface area (Å²) in [7, 11) is 0. The van der Waals surface area contributed by atoms with E-state index in [-0.39, 0.29) is 11.1 Å². The van der Waals surface area contributed by atoms with Crippen LogP contribution in [-0.4, -0.2) is 17.2 Å². The van der Waals surface area contributed by atoms with Crippen LogP contribution >= 0.6 is 0 Å². The molecule has 0 N–H and O–H groups in total. The monoisotopic (exact) mass is 180 g/mol. The summed E-state index contributed by atoms with van der Waals surface area (Å²) in [5, 5.41) is 1.95. The Bertz CT molecular complexity index is 350. The van der Waals surface area contributed by atoms with Gasteiger partial charge in [0.15, 0.2) is 11.6 Å². The van der Waals surface area contributed by atoms with Gasteiger partial charge in [-0.2, -0.15) is 0 Å². The highest BCUT2D eigenvalue weighted by atomic mass is 16.7. The summed E-state index contributed by atoms with van der Waals surface area (Å²) in [4.78, 5) is 38.0. The molecule has 0 radical (unpaired) electrons. The van der Waals surface area contributed by atoms with Gasteiger partial charge >= 0.3 is 5.97 Å². The summed E-state index contributed by atoms with van der Waals surface area (Å²) in [6.45, 7) is 0. The van der Waals surface area contributed by atoms with Crippen LogP contribution in [0.5, 0.6) is 0 Å². The number of aromatic nitrogens is 1. The van der Waals surface area contributed by atoms with Gasteiger partial charge in [0, 0.05) is 18.0 Å². The first-order valence-corrected chi connectivity index (χ1v) is 3.22. The van der Waals surface area contributed by atoms with E-state index in [0.717, 1.165) is 0 Å². The Labute approximate surface area is 72.5 Å². The second-order valence-electron chi connectivity index (χ2n) is 2.08. The molecule has 0 unspecified atom stereocenters. The smallest absolute Gasteiger partial charge is 0.298 e. The van der Waals surface area contributed by atoms with E-state index in [1.165, 1.54) is 18.5 Å². The highest BCUT2D eigenvalue weighted by Gasteiger charge is 2.08. The second kappa shape index (κ2) is 4.05. The summed E-state index contributed by atoms with van der Waals surface area (Å²) in [5.74, 6) is -0.939. The molecule has 6 nitrogen and oxygen atoms in total. The Balaban J connectivity index is 2.94. The van der Waals surface area contributed by atoms with Crippen LogP contribution in [0.25, 0.3) is 0 Å². The number of hydrogen-bond donors (Lipinski definition) is 0. The van der Waals surface area contributed by atoms with Crippen LogP contribution in [0.2, 0.25) is 0 Å². The van der Waals surface area contributed by atoms with Crippen LogP contribution in [-0.2, 0) is 4.84 Å². The number of pyridine rings is 1. The van der Waals surface area contributed by atoms with Gasteiger partial charge in [-0.1, -0.05) is 0 Å². The average Bonchev–Trinajstić information content (AvgIpc) is 2.18. The molecule has 0 amide bonds. The molecule has 1 aromatic heterocycles. The molecule has 0 aromatic carbocycles. The highest BCUT2D eigenvalue weighted by molar-refractivity contribution is 5.90. The SMILES string of the molecule is O=Cc1cncc(C(=O)ON=O)c1. The van der Waals surface area contributed by atoms with Gasteiger partial charge in [0.1, 0.15) is 0 Å². The summed E-state index contributed by atoms with van der Waals surface area (Å²) in [6, 6.07) is 1.24. The lowest BCUT2D eigenvalue weighted by Gasteiger charge is -1.94. The third kappa shape index (κ3) is 2.16. The molecular weight excluding hydrogens is 176 g/mol. The first kappa shape index (κ1) is 8.98. The molecule has 6 heteroatoms. The van der Waals surface area contributed by atoms with Gasteiger partial charge in [-0.3, -0.25) is 14.6 Å². The van der Waals surface area contributed by atoms with Crippen LogP contribution in [0.4, 0.5) is 0 Å². The van der Waals surface area contributed by atoms with Crippen molar-refractivity contribution in [2.24, 2.45) is 5.34 Å². The lowest BCUT2D eigenvalue weighted by molar-refractivity contribution is 0.0508. The number of rotatable bonds is 3. The van der Waals surface area contributed by atoms with E-state index in [9.17, 15) is 14.5 Å². The number of aldehydes is 1. The number of carbonyl (C=O) groups excluding carboxylic acids is 2. The minimum atomic E-state index is -0.939. The van der Waals surface area contributed by atoms with Crippen molar-refractivity contribution in [2.75, 3.05) is 0 Å². The van der Waals surface area contributed by atoms with E-state index in [0.29, 0.717) is 6.29 Å². The van der Waals surface area contributed by atoms with Crippen LogP contribution in [0, 0.1) is 4.91 Å². The van der Waals surface area contributed by atoms with E-state index in [1.807, 2.05) is 5.34 Å². The molecule has 0 spiro atoms. The molecule has 1 aromatic rings. The Hall–Kier alpha value is -2.11. The van der Waals surface area contributed by atoms with Gasteiger partial charge in [0.05, 0.1) is 5.56 Å². The van der Waals surface area contributed by atoms with Gasteiger partial charge in [-0.25, -0.2) is 4.79 Å². The van der Waals surface area contributed by atoms with Crippen molar-refractivity contribution in [3.63, 3.8) is 0 Å². The van der Waals surface area contributed by atoms with Crippen LogP contribution in [0.15, 0.2) is 23.8 Å². The Morgan fingerprint density at radius 2 is 2.31 bits per heavy atom. The van der Waals surface area contributed by atoms with Crippen molar-refractivity contribution in [3.05, 3.63) is 34.5 Å². The summed E-state index contributed by atoms with van der Waals surface area (Å²) < 4.78 is 0. The molecule has 0 aliphatic rings. The molecule has 0 saturated carbocycles. The molecule has 0 bridgehead atoms. The highest BCUT2D eigenvalue weighted by Crippen LogP contribution is 2.02. The lowest BCUT2D eigenvalue weighted by atomic mass is 10.2. The normalized spacial score (nSPS) is 8.92. The van der Waals surface area contributed by atoms with Crippen molar-refractivity contribution in [2.45, 2.75) is 0 Å².